The molecule has 1 saturated heterocycles. The molecule has 2 atom stereocenters. The predicted molar refractivity (Wildman–Crippen MR) is 67.8 cm³/mol. The van der Waals surface area contributed by atoms with E-state index in [4.69, 9.17) is 0 Å². The number of aliphatic hydroxyl groups is 2. The molecule has 1 aromatic rings. The molecule has 0 amide bonds. The first-order valence-corrected chi connectivity index (χ1v) is 6.35. The number of β-amino-alcohol motifs (C(OH)–C–C–N with tert-alkyl or cyclic N) is 2. The van der Waals surface area contributed by atoms with Gasteiger partial charge in [0.1, 0.15) is 17.5 Å². The van der Waals surface area contributed by atoms with Crippen molar-refractivity contribution in [1.29, 1.82) is 0 Å². The van der Waals surface area contributed by atoms with Gasteiger partial charge in [-0.25, -0.2) is 9.97 Å². The molecule has 1 aromatic heterocycles. The fourth-order valence-corrected chi connectivity index (χ4v) is 2.22. The Morgan fingerprint density at radius 1 is 1.22 bits per heavy atom. The van der Waals surface area contributed by atoms with E-state index in [1.165, 1.54) is 0 Å². The van der Waals surface area contributed by atoms with E-state index in [2.05, 4.69) is 15.3 Å². The Morgan fingerprint density at radius 2 is 1.89 bits per heavy atom. The van der Waals surface area contributed by atoms with Crippen LogP contribution in [-0.4, -0.2) is 52.5 Å². The lowest BCUT2D eigenvalue weighted by atomic mass is 10.3. The molecule has 0 spiro atoms. The lowest BCUT2D eigenvalue weighted by molar-refractivity contribution is 0.0572. The highest BCUT2D eigenvalue weighted by Gasteiger charge is 2.32. The van der Waals surface area contributed by atoms with Crippen LogP contribution in [0.25, 0.3) is 0 Å². The average molecular weight is 250 g/mol. The largest absolute Gasteiger partial charge is 0.389 e. The molecular weight excluding hydrogens is 232 g/mol. The van der Waals surface area contributed by atoms with Crippen LogP contribution < -0.4 is 10.2 Å². The second-order valence-corrected chi connectivity index (χ2v) is 5.03. The highest BCUT2D eigenvalue weighted by Crippen LogP contribution is 2.39. The molecule has 2 heterocycles. The van der Waals surface area contributed by atoms with Crippen molar-refractivity contribution in [1.82, 2.24) is 9.97 Å². The SMILES string of the molecule is CNc1cc(N2CC(O)C(O)C2)nc(C2CC2)n1. The van der Waals surface area contributed by atoms with Gasteiger partial charge in [-0.05, 0) is 12.8 Å². The van der Waals surface area contributed by atoms with Gasteiger partial charge in [0, 0.05) is 32.1 Å². The van der Waals surface area contributed by atoms with Gasteiger partial charge in [0.2, 0.25) is 0 Å². The minimum absolute atomic E-state index is 0.422. The van der Waals surface area contributed by atoms with Gasteiger partial charge in [0.25, 0.3) is 0 Å². The van der Waals surface area contributed by atoms with Crippen molar-refractivity contribution in [3.05, 3.63) is 11.9 Å². The standard InChI is InChI=1S/C12H18N4O2/c1-13-10-4-11(15-12(14-10)7-2-3-7)16-5-8(17)9(18)6-16/h4,7-9,17-18H,2-3,5-6H2,1H3,(H,13,14,15). The molecular formula is C12H18N4O2. The van der Waals surface area contributed by atoms with Crippen LogP contribution >= 0.6 is 0 Å². The molecule has 0 aromatic carbocycles. The highest BCUT2D eigenvalue weighted by molar-refractivity contribution is 5.50. The van der Waals surface area contributed by atoms with Crippen molar-refractivity contribution >= 4 is 11.6 Å². The summed E-state index contributed by atoms with van der Waals surface area (Å²) < 4.78 is 0. The van der Waals surface area contributed by atoms with Crippen LogP contribution in [0.4, 0.5) is 11.6 Å². The third-order valence-electron chi connectivity index (χ3n) is 3.51. The van der Waals surface area contributed by atoms with Gasteiger partial charge in [-0.15, -0.1) is 0 Å². The number of nitrogens with one attached hydrogen (secondary N) is 1. The molecule has 6 heteroatoms. The van der Waals surface area contributed by atoms with Crippen molar-refractivity contribution in [2.24, 2.45) is 0 Å². The molecule has 0 radical (unpaired) electrons. The number of hydrogen-bond donors (Lipinski definition) is 3. The average Bonchev–Trinajstić information content (AvgIpc) is 3.16. The van der Waals surface area contributed by atoms with Crippen molar-refractivity contribution in [3.8, 4) is 0 Å². The number of hydrogen-bond acceptors (Lipinski definition) is 6. The van der Waals surface area contributed by atoms with E-state index in [9.17, 15) is 10.2 Å². The van der Waals surface area contributed by atoms with Gasteiger partial charge < -0.3 is 20.4 Å². The Labute approximate surface area is 106 Å². The Hall–Kier alpha value is -1.40. The Bertz CT molecular complexity index is 440. The van der Waals surface area contributed by atoms with E-state index in [0.717, 1.165) is 30.3 Å². The molecule has 3 rings (SSSR count). The topological polar surface area (TPSA) is 81.5 Å². The Balaban J connectivity index is 1.88. The number of aromatic nitrogens is 2. The van der Waals surface area contributed by atoms with Crippen molar-refractivity contribution in [2.45, 2.75) is 31.0 Å². The summed E-state index contributed by atoms with van der Waals surface area (Å²) >= 11 is 0. The van der Waals surface area contributed by atoms with Gasteiger partial charge in [-0.2, -0.15) is 0 Å². The van der Waals surface area contributed by atoms with Crippen LogP contribution in [0.1, 0.15) is 24.6 Å². The maximum atomic E-state index is 9.60. The molecule has 1 aliphatic heterocycles. The minimum atomic E-state index is -0.692. The summed E-state index contributed by atoms with van der Waals surface area (Å²) in [6.45, 7) is 0.844. The number of anilines is 2. The molecule has 2 unspecified atom stereocenters. The number of nitrogens with zero attached hydrogens (tertiary/aromatic N) is 3. The molecule has 0 bridgehead atoms. The molecule has 2 fully saturated rings. The van der Waals surface area contributed by atoms with E-state index < -0.39 is 12.2 Å². The zero-order chi connectivity index (χ0) is 12.7. The minimum Gasteiger partial charge on any atom is -0.389 e. The van der Waals surface area contributed by atoms with E-state index in [0.29, 0.717) is 19.0 Å². The Kier molecular flexibility index (Phi) is 2.83. The molecule has 18 heavy (non-hydrogen) atoms. The maximum Gasteiger partial charge on any atom is 0.136 e. The zero-order valence-corrected chi connectivity index (χ0v) is 10.4. The summed E-state index contributed by atoms with van der Waals surface area (Å²) in [7, 11) is 1.83. The first kappa shape index (κ1) is 11.7. The first-order chi connectivity index (χ1) is 8.67. The van der Waals surface area contributed by atoms with Crippen LogP contribution in [0, 0.1) is 0 Å². The summed E-state index contributed by atoms with van der Waals surface area (Å²) in [4.78, 5) is 10.9. The lowest BCUT2D eigenvalue weighted by Gasteiger charge is -2.18. The van der Waals surface area contributed by atoms with Crippen LogP contribution in [0.15, 0.2) is 6.07 Å². The van der Waals surface area contributed by atoms with Crippen LogP contribution in [0.5, 0.6) is 0 Å². The molecule has 6 nitrogen and oxygen atoms in total. The second kappa shape index (κ2) is 4.37. The summed E-state index contributed by atoms with van der Waals surface area (Å²) in [5.74, 6) is 2.92. The van der Waals surface area contributed by atoms with E-state index in [-0.39, 0.29) is 0 Å². The highest BCUT2D eigenvalue weighted by atomic mass is 16.3. The third kappa shape index (κ3) is 2.13. The van der Waals surface area contributed by atoms with E-state index >= 15 is 0 Å². The summed E-state index contributed by atoms with van der Waals surface area (Å²) in [6.07, 6.45) is 0.917. The van der Waals surface area contributed by atoms with Gasteiger partial charge in [0.05, 0.1) is 12.2 Å². The predicted octanol–water partition coefficient (Wildman–Crippen LogP) is -0.0625. The van der Waals surface area contributed by atoms with Gasteiger partial charge in [0.15, 0.2) is 0 Å². The second-order valence-electron chi connectivity index (χ2n) is 5.03. The number of aliphatic hydroxyl groups excluding tert-OH is 2. The van der Waals surface area contributed by atoms with Gasteiger partial charge >= 0.3 is 0 Å². The fraction of sp³-hybridized carbons (Fsp3) is 0.667. The molecule has 1 saturated carbocycles. The molecule has 98 valence electrons. The van der Waals surface area contributed by atoms with Crippen LogP contribution in [-0.2, 0) is 0 Å². The Morgan fingerprint density at radius 3 is 2.44 bits per heavy atom. The van der Waals surface area contributed by atoms with E-state index in [1.807, 2.05) is 18.0 Å². The zero-order valence-electron chi connectivity index (χ0n) is 10.4. The van der Waals surface area contributed by atoms with Crippen LogP contribution in [0.2, 0.25) is 0 Å². The van der Waals surface area contributed by atoms with Gasteiger partial charge in [-0.1, -0.05) is 0 Å². The van der Waals surface area contributed by atoms with Crippen LogP contribution in [0.3, 0.4) is 0 Å². The van der Waals surface area contributed by atoms with E-state index in [1.54, 1.807) is 0 Å². The van der Waals surface area contributed by atoms with Crippen molar-refractivity contribution in [2.75, 3.05) is 30.4 Å². The van der Waals surface area contributed by atoms with Gasteiger partial charge in [-0.3, -0.25) is 0 Å². The first-order valence-electron chi connectivity index (χ1n) is 6.35. The normalized spacial score (nSPS) is 27.6. The molecule has 3 N–H and O–H groups in total. The monoisotopic (exact) mass is 250 g/mol. The number of rotatable bonds is 3. The van der Waals surface area contributed by atoms with Crippen molar-refractivity contribution in [3.63, 3.8) is 0 Å². The lowest BCUT2D eigenvalue weighted by Crippen LogP contribution is -2.23. The third-order valence-corrected chi connectivity index (χ3v) is 3.51. The maximum absolute atomic E-state index is 9.60. The van der Waals surface area contributed by atoms with Crippen molar-refractivity contribution < 1.29 is 10.2 Å². The molecule has 1 aliphatic carbocycles. The summed E-state index contributed by atoms with van der Waals surface area (Å²) in [5, 5.41) is 22.2. The fourth-order valence-electron chi connectivity index (χ4n) is 2.22. The quantitative estimate of drug-likeness (QED) is 0.697. The smallest absolute Gasteiger partial charge is 0.136 e. The summed E-state index contributed by atoms with van der Waals surface area (Å²) in [5.41, 5.74) is 0. The molecule has 2 aliphatic rings. The summed E-state index contributed by atoms with van der Waals surface area (Å²) in [6, 6.07) is 1.86.